The number of carbonyl (C=O) groups is 2. The predicted molar refractivity (Wildman–Crippen MR) is 105 cm³/mol. The summed E-state index contributed by atoms with van der Waals surface area (Å²) in [4.78, 5) is 24.6. The minimum absolute atomic E-state index is 0.146. The van der Waals surface area contributed by atoms with Gasteiger partial charge in [-0.25, -0.2) is 4.79 Å². The number of esters is 1. The minimum atomic E-state index is -0.721. The summed E-state index contributed by atoms with van der Waals surface area (Å²) in [5.74, 6) is 0.640. The van der Waals surface area contributed by atoms with Crippen molar-refractivity contribution >= 4 is 17.6 Å². The van der Waals surface area contributed by atoms with Crippen molar-refractivity contribution in [1.82, 2.24) is 0 Å². The summed E-state index contributed by atoms with van der Waals surface area (Å²) < 4.78 is 31.0. The Morgan fingerprint density at radius 1 is 0.793 bits per heavy atom. The van der Waals surface area contributed by atoms with Gasteiger partial charge in [-0.1, -0.05) is 0 Å². The highest BCUT2D eigenvalue weighted by atomic mass is 16.5. The van der Waals surface area contributed by atoms with E-state index in [1.165, 1.54) is 41.6 Å². The van der Waals surface area contributed by atoms with Crippen molar-refractivity contribution in [2.45, 2.75) is 0 Å². The Balaban J connectivity index is 2.08. The molecule has 0 spiro atoms. The molecule has 0 heterocycles. The number of carbonyl (C=O) groups excluding carboxylic acids is 2. The topological polar surface area (TPSA) is 102 Å². The summed E-state index contributed by atoms with van der Waals surface area (Å²) in [5.41, 5.74) is 0.534. The summed E-state index contributed by atoms with van der Waals surface area (Å²) in [5, 5.41) is 2.61. The average molecular weight is 405 g/mol. The van der Waals surface area contributed by atoms with Gasteiger partial charge in [0.05, 0.1) is 35.5 Å². The lowest BCUT2D eigenvalue weighted by Gasteiger charge is -2.15. The van der Waals surface area contributed by atoms with Crippen molar-refractivity contribution in [2.24, 2.45) is 0 Å². The summed E-state index contributed by atoms with van der Waals surface area (Å²) >= 11 is 0. The second-order valence-corrected chi connectivity index (χ2v) is 5.60. The summed E-state index contributed by atoms with van der Waals surface area (Å²) in [6.45, 7) is -0.504. The normalized spacial score (nSPS) is 9.97. The number of amides is 1. The molecule has 0 unspecified atom stereocenters. The molecule has 0 saturated carbocycles. The van der Waals surface area contributed by atoms with Crippen LogP contribution in [0.1, 0.15) is 10.4 Å². The van der Waals surface area contributed by atoms with E-state index in [2.05, 4.69) is 5.32 Å². The Morgan fingerprint density at radius 3 is 1.93 bits per heavy atom. The van der Waals surface area contributed by atoms with E-state index in [0.29, 0.717) is 34.4 Å². The zero-order valence-corrected chi connectivity index (χ0v) is 16.9. The van der Waals surface area contributed by atoms with Crippen LogP contribution in [0.2, 0.25) is 0 Å². The summed E-state index contributed by atoms with van der Waals surface area (Å²) in [6.07, 6.45) is 0. The van der Waals surface area contributed by atoms with E-state index in [9.17, 15) is 9.59 Å². The Hall–Kier alpha value is -3.62. The zero-order valence-electron chi connectivity index (χ0n) is 16.9. The van der Waals surface area contributed by atoms with E-state index in [0.717, 1.165) is 0 Å². The molecular weight excluding hydrogens is 382 g/mol. The number of methoxy groups -OCH3 is 5. The van der Waals surface area contributed by atoms with Gasteiger partial charge in [0.25, 0.3) is 5.91 Å². The fourth-order valence-electron chi connectivity index (χ4n) is 2.53. The van der Waals surface area contributed by atoms with Crippen LogP contribution in [0.15, 0.2) is 30.3 Å². The molecule has 0 fully saturated rings. The Labute approximate surface area is 168 Å². The maximum absolute atomic E-state index is 12.3. The molecule has 9 heteroatoms. The Kier molecular flexibility index (Phi) is 7.53. The number of benzene rings is 2. The molecule has 1 amide bonds. The van der Waals surface area contributed by atoms with E-state index < -0.39 is 18.5 Å². The number of anilines is 1. The third-order valence-electron chi connectivity index (χ3n) is 3.91. The smallest absolute Gasteiger partial charge is 0.342 e. The van der Waals surface area contributed by atoms with E-state index in [4.69, 9.17) is 28.4 Å². The first-order valence-corrected chi connectivity index (χ1v) is 8.46. The molecule has 29 heavy (non-hydrogen) atoms. The molecule has 0 radical (unpaired) electrons. The largest absolute Gasteiger partial charge is 0.497 e. The lowest BCUT2D eigenvalue weighted by atomic mass is 10.2. The summed E-state index contributed by atoms with van der Waals surface area (Å²) in [7, 11) is 7.31. The van der Waals surface area contributed by atoms with Crippen molar-refractivity contribution in [2.75, 3.05) is 47.5 Å². The van der Waals surface area contributed by atoms with Crippen molar-refractivity contribution < 1.29 is 38.0 Å². The van der Waals surface area contributed by atoms with Crippen molar-refractivity contribution in [3.05, 3.63) is 35.9 Å². The van der Waals surface area contributed by atoms with Crippen LogP contribution < -0.4 is 29.0 Å². The fourth-order valence-corrected chi connectivity index (χ4v) is 2.53. The van der Waals surface area contributed by atoms with Gasteiger partial charge < -0.3 is 33.7 Å². The zero-order chi connectivity index (χ0) is 21.4. The van der Waals surface area contributed by atoms with Gasteiger partial charge >= 0.3 is 5.97 Å². The number of rotatable bonds is 9. The number of nitrogens with one attached hydrogen (secondary N) is 1. The Bertz CT molecular complexity index is 856. The molecule has 0 aliphatic carbocycles. The van der Waals surface area contributed by atoms with Crippen LogP contribution in [0.5, 0.6) is 28.7 Å². The highest BCUT2D eigenvalue weighted by Gasteiger charge is 2.18. The van der Waals surface area contributed by atoms with Crippen molar-refractivity contribution in [3.8, 4) is 28.7 Å². The van der Waals surface area contributed by atoms with Crippen LogP contribution in [0.25, 0.3) is 0 Å². The van der Waals surface area contributed by atoms with Crippen LogP contribution >= 0.6 is 0 Å². The van der Waals surface area contributed by atoms with Gasteiger partial charge in [0.15, 0.2) is 18.1 Å². The first-order valence-electron chi connectivity index (χ1n) is 8.46. The maximum atomic E-state index is 12.3. The highest BCUT2D eigenvalue weighted by molar-refractivity contribution is 5.97. The quantitative estimate of drug-likeness (QED) is 0.635. The highest BCUT2D eigenvalue weighted by Crippen LogP contribution is 2.39. The molecule has 0 saturated heterocycles. The third kappa shape index (κ3) is 5.22. The minimum Gasteiger partial charge on any atom is -0.497 e. The molecule has 2 aromatic carbocycles. The van der Waals surface area contributed by atoms with Crippen LogP contribution in [0.3, 0.4) is 0 Å². The monoisotopic (exact) mass is 405 g/mol. The first-order chi connectivity index (χ1) is 14.0. The van der Waals surface area contributed by atoms with Gasteiger partial charge in [0, 0.05) is 17.8 Å². The van der Waals surface area contributed by atoms with E-state index >= 15 is 0 Å². The van der Waals surface area contributed by atoms with Gasteiger partial charge in [-0.15, -0.1) is 0 Å². The van der Waals surface area contributed by atoms with E-state index in [-0.39, 0.29) is 5.56 Å². The van der Waals surface area contributed by atoms with Crippen LogP contribution in [0, 0.1) is 0 Å². The molecule has 0 aliphatic rings. The molecule has 0 bridgehead atoms. The lowest BCUT2D eigenvalue weighted by molar-refractivity contribution is -0.119. The van der Waals surface area contributed by atoms with Gasteiger partial charge in [0.1, 0.15) is 17.1 Å². The van der Waals surface area contributed by atoms with E-state index in [1.54, 1.807) is 24.3 Å². The molecule has 0 aromatic heterocycles. The molecular formula is C20H23NO8. The fraction of sp³-hybridized carbons (Fsp3) is 0.300. The number of hydrogen-bond acceptors (Lipinski definition) is 8. The molecule has 156 valence electrons. The van der Waals surface area contributed by atoms with Crippen LogP contribution in [-0.2, 0) is 9.53 Å². The third-order valence-corrected chi connectivity index (χ3v) is 3.91. The second-order valence-electron chi connectivity index (χ2n) is 5.60. The molecule has 1 N–H and O–H groups in total. The molecule has 9 nitrogen and oxygen atoms in total. The van der Waals surface area contributed by atoms with Crippen LogP contribution in [-0.4, -0.2) is 54.0 Å². The maximum Gasteiger partial charge on any atom is 0.342 e. The molecule has 2 aromatic rings. The van der Waals surface area contributed by atoms with Crippen LogP contribution in [0.4, 0.5) is 5.69 Å². The van der Waals surface area contributed by atoms with Crippen molar-refractivity contribution in [1.29, 1.82) is 0 Å². The standard InChI is InChI=1S/C20H23NO8/c1-24-13-6-7-15(25-2)14(10-13)20(23)29-11-18(22)21-12-8-16(26-3)19(28-5)17(9-12)27-4/h6-10H,11H2,1-5H3,(H,21,22). The van der Waals surface area contributed by atoms with Gasteiger partial charge in [-0.05, 0) is 18.2 Å². The predicted octanol–water partition coefficient (Wildman–Crippen LogP) is 2.53. The van der Waals surface area contributed by atoms with Gasteiger partial charge in [-0.3, -0.25) is 4.79 Å². The van der Waals surface area contributed by atoms with Gasteiger partial charge in [-0.2, -0.15) is 0 Å². The van der Waals surface area contributed by atoms with Crippen molar-refractivity contribution in [3.63, 3.8) is 0 Å². The SMILES string of the molecule is COc1ccc(OC)c(C(=O)OCC(=O)Nc2cc(OC)c(OC)c(OC)c2)c1. The Morgan fingerprint density at radius 2 is 1.41 bits per heavy atom. The molecule has 0 atom stereocenters. The first kappa shape index (κ1) is 21.7. The second kappa shape index (κ2) is 10.1. The van der Waals surface area contributed by atoms with E-state index in [1.807, 2.05) is 0 Å². The lowest BCUT2D eigenvalue weighted by Crippen LogP contribution is -2.21. The molecule has 2 rings (SSSR count). The summed E-state index contributed by atoms with van der Waals surface area (Å²) in [6, 6.07) is 7.81. The molecule has 0 aliphatic heterocycles. The van der Waals surface area contributed by atoms with Gasteiger partial charge in [0.2, 0.25) is 5.75 Å². The average Bonchev–Trinajstić information content (AvgIpc) is 2.75. The number of ether oxygens (including phenoxy) is 6. The number of hydrogen-bond donors (Lipinski definition) is 1.